The zero-order valence-electron chi connectivity index (χ0n) is 18.4. The number of fused-ring (bicyclic) bond motifs is 1. The average molecular weight is 470 g/mol. The smallest absolute Gasteiger partial charge is 0.165 e. The lowest BCUT2D eigenvalue weighted by Gasteiger charge is -2.38. The number of nitrogens with two attached hydrogens (primary N) is 2. The number of rotatable bonds is 4. The van der Waals surface area contributed by atoms with Crippen LogP contribution in [0.25, 0.3) is 39.5 Å². The van der Waals surface area contributed by atoms with Crippen LogP contribution in [0.3, 0.4) is 0 Å². The molecule has 1 fully saturated rings. The molecule has 0 atom stereocenters. The summed E-state index contributed by atoms with van der Waals surface area (Å²) in [6.07, 6.45) is 8.46. The molecule has 1 aliphatic rings. The third-order valence-electron chi connectivity index (χ3n) is 6.49. The zero-order chi connectivity index (χ0) is 22.4. The minimum absolute atomic E-state index is 0. The van der Waals surface area contributed by atoms with E-state index < -0.39 is 0 Å². The van der Waals surface area contributed by atoms with Crippen molar-refractivity contribution in [3.63, 3.8) is 0 Å². The van der Waals surface area contributed by atoms with E-state index in [0.717, 1.165) is 52.1 Å². The Balaban J connectivity index is 0.00000241. The number of benzene rings is 1. The second kappa shape index (κ2) is 8.52. The maximum absolute atomic E-state index is 6.55. The van der Waals surface area contributed by atoms with Crippen LogP contribution in [0.1, 0.15) is 24.8 Å². The minimum atomic E-state index is -0.210. The summed E-state index contributed by atoms with van der Waals surface area (Å²) in [7, 11) is 0. The Morgan fingerprint density at radius 2 is 1.68 bits per heavy atom. The van der Waals surface area contributed by atoms with Crippen molar-refractivity contribution < 1.29 is 0 Å². The highest BCUT2D eigenvalue weighted by atomic mass is 35.5. The quantitative estimate of drug-likeness (QED) is 0.388. The molecule has 0 amide bonds. The lowest BCUT2D eigenvalue weighted by atomic mass is 9.73. The van der Waals surface area contributed by atoms with Crippen LogP contribution in [0.2, 0.25) is 0 Å². The van der Waals surface area contributed by atoms with Gasteiger partial charge in [-0.05, 0) is 73.4 Å². The van der Waals surface area contributed by atoms with Crippen LogP contribution in [-0.2, 0) is 5.54 Å². The maximum atomic E-state index is 6.55. The number of pyridine rings is 3. The summed E-state index contributed by atoms with van der Waals surface area (Å²) in [5, 5.41) is 0. The first-order valence-corrected chi connectivity index (χ1v) is 11.0. The molecule has 5 aromatic rings. The Morgan fingerprint density at radius 1 is 0.882 bits per heavy atom. The van der Waals surface area contributed by atoms with Gasteiger partial charge in [0.1, 0.15) is 11.3 Å². The highest BCUT2D eigenvalue weighted by Crippen LogP contribution is 2.39. The summed E-state index contributed by atoms with van der Waals surface area (Å²) in [4.78, 5) is 18.4. The Labute approximate surface area is 203 Å². The molecule has 170 valence electrons. The van der Waals surface area contributed by atoms with Crippen molar-refractivity contribution >= 4 is 29.4 Å². The molecule has 0 aliphatic heterocycles. The molecule has 4 N–H and O–H groups in total. The van der Waals surface area contributed by atoms with Crippen LogP contribution < -0.4 is 11.5 Å². The van der Waals surface area contributed by atoms with Crippen molar-refractivity contribution in [2.75, 3.05) is 5.73 Å². The summed E-state index contributed by atoms with van der Waals surface area (Å²) in [5.74, 6) is 1.12. The standard InChI is InChI=1S/C26H23N7.ClH/c27-23-20(5-2-15-30-23)24-32-22-11-10-21(17-4-1-14-29-16-17)31-25(22)33(24)19-8-6-18(7-9-19)26(28)12-3-13-26;/h1-2,4-11,14-16H,3,12-13,28H2,(H2,27,30);1H. The van der Waals surface area contributed by atoms with Crippen LogP contribution in [0, 0.1) is 0 Å². The molecule has 0 saturated heterocycles. The average Bonchev–Trinajstić information content (AvgIpc) is 3.22. The van der Waals surface area contributed by atoms with E-state index in [0.29, 0.717) is 11.6 Å². The van der Waals surface area contributed by atoms with Crippen molar-refractivity contribution in [3.05, 3.63) is 84.8 Å². The van der Waals surface area contributed by atoms with Crippen LogP contribution in [-0.4, -0.2) is 24.5 Å². The van der Waals surface area contributed by atoms with Gasteiger partial charge in [-0.2, -0.15) is 0 Å². The van der Waals surface area contributed by atoms with E-state index in [4.69, 9.17) is 21.4 Å². The molecule has 0 unspecified atom stereocenters. The van der Waals surface area contributed by atoms with Crippen molar-refractivity contribution in [2.24, 2.45) is 5.73 Å². The van der Waals surface area contributed by atoms with Gasteiger partial charge in [-0.1, -0.05) is 12.1 Å². The third kappa shape index (κ3) is 3.59. The molecule has 4 heterocycles. The molecule has 0 radical (unpaired) electrons. The van der Waals surface area contributed by atoms with Crippen LogP contribution in [0.4, 0.5) is 5.82 Å². The monoisotopic (exact) mass is 469 g/mol. The van der Waals surface area contributed by atoms with E-state index in [1.807, 2.05) is 47.2 Å². The second-order valence-corrected chi connectivity index (χ2v) is 8.54. The highest BCUT2D eigenvalue weighted by Gasteiger charge is 2.34. The van der Waals surface area contributed by atoms with Gasteiger partial charge in [-0.15, -0.1) is 12.4 Å². The number of halogens is 1. The van der Waals surface area contributed by atoms with E-state index in [2.05, 4.69) is 34.2 Å². The van der Waals surface area contributed by atoms with Gasteiger partial charge in [-0.3, -0.25) is 9.55 Å². The van der Waals surface area contributed by atoms with Gasteiger partial charge in [0, 0.05) is 35.4 Å². The summed E-state index contributed by atoms with van der Waals surface area (Å²) in [6, 6.07) is 20.0. The maximum Gasteiger partial charge on any atom is 0.165 e. The number of nitrogens with zero attached hydrogens (tertiary/aromatic N) is 5. The van der Waals surface area contributed by atoms with Crippen LogP contribution in [0.5, 0.6) is 0 Å². The Morgan fingerprint density at radius 3 is 2.35 bits per heavy atom. The summed E-state index contributed by atoms with van der Waals surface area (Å²) in [6.45, 7) is 0. The summed E-state index contributed by atoms with van der Waals surface area (Å²) < 4.78 is 2.04. The SMILES string of the molecule is Cl.Nc1ncccc1-c1nc2ccc(-c3cccnc3)nc2n1-c1ccc(C2(N)CCC2)cc1. The van der Waals surface area contributed by atoms with Gasteiger partial charge in [0.15, 0.2) is 11.5 Å². The van der Waals surface area contributed by atoms with Crippen LogP contribution in [0.15, 0.2) is 79.3 Å². The fourth-order valence-corrected chi connectivity index (χ4v) is 4.45. The molecule has 8 heteroatoms. The Bertz CT molecular complexity index is 1460. The topological polar surface area (TPSA) is 109 Å². The molecule has 1 aliphatic carbocycles. The van der Waals surface area contributed by atoms with E-state index in [9.17, 15) is 0 Å². The molecule has 4 aromatic heterocycles. The molecular formula is C26H24ClN7. The van der Waals surface area contributed by atoms with E-state index >= 15 is 0 Å². The zero-order valence-corrected chi connectivity index (χ0v) is 19.2. The first-order valence-electron chi connectivity index (χ1n) is 11.0. The molecule has 7 nitrogen and oxygen atoms in total. The van der Waals surface area contributed by atoms with Crippen molar-refractivity contribution in [1.29, 1.82) is 0 Å². The van der Waals surface area contributed by atoms with Gasteiger partial charge in [0.05, 0.1) is 11.3 Å². The second-order valence-electron chi connectivity index (χ2n) is 8.54. The fraction of sp³-hybridized carbons (Fsp3) is 0.154. The number of aromatic nitrogens is 5. The first-order chi connectivity index (χ1) is 16.1. The van der Waals surface area contributed by atoms with Gasteiger partial charge >= 0.3 is 0 Å². The van der Waals surface area contributed by atoms with Gasteiger partial charge in [0.25, 0.3) is 0 Å². The van der Waals surface area contributed by atoms with Crippen molar-refractivity contribution in [3.8, 4) is 28.3 Å². The first kappa shape index (κ1) is 22.0. The van der Waals surface area contributed by atoms with E-state index in [1.54, 1.807) is 12.4 Å². The lowest BCUT2D eigenvalue weighted by Crippen LogP contribution is -2.43. The van der Waals surface area contributed by atoms with Gasteiger partial charge < -0.3 is 11.5 Å². The van der Waals surface area contributed by atoms with Crippen molar-refractivity contribution in [1.82, 2.24) is 24.5 Å². The van der Waals surface area contributed by atoms with E-state index in [-0.39, 0.29) is 17.9 Å². The summed E-state index contributed by atoms with van der Waals surface area (Å²) >= 11 is 0. The number of hydrogen-bond acceptors (Lipinski definition) is 6. The number of anilines is 1. The normalized spacial score (nSPS) is 14.4. The molecule has 1 saturated carbocycles. The van der Waals surface area contributed by atoms with Crippen molar-refractivity contribution in [2.45, 2.75) is 24.8 Å². The molecule has 6 rings (SSSR count). The number of imidazole rings is 1. The Hall–Kier alpha value is -3.81. The highest BCUT2D eigenvalue weighted by molar-refractivity contribution is 5.85. The molecule has 1 aromatic carbocycles. The molecular weight excluding hydrogens is 446 g/mol. The largest absolute Gasteiger partial charge is 0.383 e. The van der Waals surface area contributed by atoms with Gasteiger partial charge in [0.2, 0.25) is 0 Å². The molecule has 0 spiro atoms. The Kier molecular flexibility index (Phi) is 5.51. The third-order valence-corrected chi connectivity index (χ3v) is 6.49. The predicted octanol–water partition coefficient (Wildman–Crippen LogP) is 4.89. The molecule has 0 bridgehead atoms. The predicted molar refractivity (Wildman–Crippen MR) is 137 cm³/mol. The fourth-order valence-electron chi connectivity index (χ4n) is 4.45. The number of nitrogen functional groups attached to an aromatic ring is 1. The summed E-state index contributed by atoms with van der Waals surface area (Å²) in [5.41, 5.74) is 18.7. The van der Waals surface area contributed by atoms with Gasteiger partial charge in [-0.25, -0.2) is 15.0 Å². The van der Waals surface area contributed by atoms with E-state index in [1.165, 1.54) is 6.42 Å². The lowest BCUT2D eigenvalue weighted by molar-refractivity contribution is 0.253. The number of hydrogen-bond donors (Lipinski definition) is 2. The van der Waals surface area contributed by atoms with Crippen LogP contribution >= 0.6 is 12.4 Å². The minimum Gasteiger partial charge on any atom is -0.383 e. The molecule has 34 heavy (non-hydrogen) atoms.